The summed E-state index contributed by atoms with van der Waals surface area (Å²) in [5.41, 5.74) is 5.70. The van der Waals surface area contributed by atoms with E-state index in [9.17, 15) is 14.2 Å². The van der Waals surface area contributed by atoms with E-state index in [0.717, 1.165) is 44.9 Å². The van der Waals surface area contributed by atoms with Crippen LogP contribution in [0, 0.1) is 0 Å². The van der Waals surface area contributed by atoms with Gasteiger partial charge in [0.15, 0.2) is 17.0 Å². The number of nitrogens with zero attached hydrogens (tertiary/aromatic N) is 4. The molecule has 0 radical (unpaired) electrons. The summed E-state index contributed by atoms with van der Waals surface area (Å²) >= 11 is 0. The molecule has 1 unspecified atom stereocenters. The van der Waals surface area contributed by atoms with Gasteiger partial charge in [-0.05, 0) is 57.4 Å². The minimum Gasteiger partial charge on any atom is -0.464 e. The molecule has 2 heterocycles. The quantitative estimate of drug-likeness (QED) is 0.157. The van der Waals surface area contributed by atoms with E-state index in [0.29, 0.717) is 23.5 Å². The number of esters is 2. The Hall–Kier alpha value is -2.73. The van der Waals surface area contributed by atoms with Gasteiger partial charge in [-0.1, -0.05) is 24.9 Å². The predicted molar refractivity (Wildman–Crippen MR) is 148 cm³/mol. The van der Waals surface area contributed by atoms with Gasteiger partial charge in [-0.2, -0.15) is 0 Å². The second kappa shape index (κ2) is 15.3. The fraction of sp³-hybridized carbons (Fsp3) is 0.731. The highest BCUT2D eigenvalue weighted by molar-refractivity contribution is 7.36. The molecule has 40 heavy (non-hydrogen) atoms. The standard InChI is InChI=1S/C26H42N6O7P/c1-5-6-9-13-37-25(34)26(3,4)31-40(35)39-20(24(33)38-19-10-7-8-11-19)12-14-36-18(2)15-32-17-30-21-22(27)28-16-29-23(21)32/h16-20H,5-15H2,1-4H3,(H,31,35)(H2,27,28,29)/q+1/t18-,20+/m1/s1. The maximum atomic E-state index is 13.0. The van der Waals surface area contributed by atoms with Crippen molar-refractivity contribution in [3.8, 4) is 0 Å². The first-order valence-corrected chi connectivity index (χ1v) is 15.1. The third-order valence-corrected chi connectivity index (χ3v) is 7.79. The lowest BCUT2D eigenvalue weighted by molar-refractivity contribution is -0.158. The van der Waals surface area contributed by atoms with Crippen molar-refractivity contribution in [1.29, 1.82) is 0 Å². The molecule has 3 rings (SSSR count). The molecule has 2 aromatic rings. The number of rotatable bonds is 17. The van der Waals surface area contributed by atoms with Crippen LogP contribution in [0.25, 0.3) is 11.2 Å². The lowest BCUT2D eigenvalue weighted by Gasteiger charge is -2.19. The molecule has 2 aromatic heterocycles. The van der Waals surface area contributed by atoms with E-state index in [4.69, 9.17) is 24.5 Å². The molecule has 0 saturated heterocycles. The van der Waals surface area contributed by atoms with Crippen molar-refractivity contribution >= 4 is 37.1 Å². The van der Waals surface area contributed by atoms with Crippen molar-refractivity contribution in [2.24, 2.45) is 0 Å². The van der Waals surface area contributed by atoms with Crippen molar-refractivity contribution in [2.45, 2.75) is 109 Å². The molecule has 0 amide bonds. The van der Waals surface area contributed by atoms with Gasteiger partial charge in [0.2, 0.25) is 6.10 Å². The maximum Gasteiger partial charge on any atom is 0.614 e. The topological polar surface area (TPSA) is 170 Å². The van der Waals surface area contributed by atoms with Crippen LogP contribution in [0.5, 0.6) is 0 Å². The number of hydrogen-bond acceptors (Lipinski definition) is 11. The minimum absolute atomic E-state index is 0.111. The number of unbranched alkanes of at least 4 members (excludes halogenated alkanes) is 2. The highest BCUT2D eigenvalue weighted by Crippen LogP contribution is 2.28. The van der Waals surface area contributed by atoms with Crippen LogP contribution in [0.2, 0.25) is 0 Å². The summed E-state index contributed by atoms with van der Waals surface area (Å²) in [6.07, 6.45) is 7.81. The smallest absolute Gasteiger partial charge is 0.464 e. The van der Waals surface area contributed by atoms with Gasteiger partial charge >= 0.3 is 20.1 Å². The Labute approximate surface area is 235 Å². The molecule has 1 fully saturated rings. The van der Waals surface area contributed by atoms with E-state index < -0.39 is 31.8 Å². The summed E-state index contributed by atoms with van der Waals surface area (Å²) in [4.78, 5) is 37.9. The van der Waals surface area contributed by atoms with Gasteiger partial charge in [0.05, 0.1) is 32.2 Å². The number of ether oxygens (including phenoxy) is 3. The second-order valence-corrected chi connectivity index (χ2v) is 11.5. The van der Waals surface area contributed by atoms with Gasteiger partial charge in [0, 0.05) is 6.42 Å². The lowest BCUT2D eigenvalue weighted by atomic mass is 10.1. The van der Waals surface area contributed by atoms with Crippen LogP contribution >= 0.6 is 8.18 Å². The number of nitrogens with two attached hydrogens (primary N) is 1. The maximum absolute atomic E-state index is 13.0. The third-order valence-electron chi connectivity index (χ3n) is 6.60. The van der Waals surface area contributed by atoms with Crippen molar-refractivity contribution in [2.75, 3.05) is 18.9 Å². The summed E-state index contributed by atoms with van der Waals surface area (Å²) in [5.74, 6) is -0.841. The van der Waals surface area contributed by atoms with E-state index in [2.05, 4.69) is 27.0 Å². The van der Waals surface area contributed by atoms with Gasteiger partial charge in [-0.15, -0.1) is 4.52 Å². The molecular formula is C26H42N6O7P+. The number of nitrogen functional groups attached to an aromatic ring is 1. The van der Waals surface area contributed by atoms with Crippen LogP contribution < -0.4 is 10.8 Å². The van der Waals surface area contributed by atoms with Crippen molar-refractivity contribution in [1.82, 2.24) is 24.6 Å². The molecule has 222 valence electrons. The number of aromatic nitrogens is 4. The van der Waals surface area contributed by atoms with Crippen molar-refractivity contribution in [3.05, 3.63) is 12.7 Å². The summed E-state index contributed by atoms with van der Waals surface area (Å²) in [5, 5.41) is 2.66. The number of hydrogen-bond donors (Lipinski definition) is 2. The first-order chi connectivity index (χ1) is 19.1. The molecule has 0 bridgehead atoms. The number of carbonyl (C=O) groups is 2. The normalized spacial score (nSPS) is 16.1. The van der Waals surface area contributed by atoms with E-state index in [1.54, 1.807) is 20.2 Å². The molecule has 1 aliphatic carbocycles. The Morgan fingerprint density at radius 2 is 1.95 bits per heavy atom. The average Bonchev–Trinajstić information content (AvgIpc) is 3.56. The third kappa shape index (κ3) is 9.43. The number of anilines is 1. The van der Waals surface area contributed by atoms with Crippen LogP contribution in [0.15, 0.2) is 12.7 Å². The largest absolute Gasteiger partial charge is 0.614 e. The van der Waals surface area contributed by atoms with Gasteiger partial charge in [-0.3, -0.25) is 0 Å². The fourth-order valence-corrected chi connectivity index (χ4v) is 5.33. The Bertz CT molecular complexity index is 1140. The number of carbonyl (C=O) groups excluding carboxylic acids is 2. The molecule has 3 N–H and O–H groups in total. The zero-order valence-corrected chi connectivity index (χ0v) is 24.7. The zero-order valence-electron chi connectivity index (χ0n) is 23.8. The SMILES string of the molecule is CCCCCOC(=O)C(C)(C)N[P+](=O)O[C@@H](CCO[C@H](C)Cn1cnc2c(N)ncnc21)C(=O)OC1CCCC1. The van der Waals surface area contributed by atoms with Crippen LogP contribution in [0.4, 0.5) is 5.82 Å². The summed E-state index contributed by atoms with van der Waals surface area (Å²) in [6, 6.07) is 0. The van der Waals surface area contributed by atoms with Crippen LogP contribution in [0.1, 0.15) is 79.1 Å². The molecule has 1 saturated carbocycles. The average molecular weight is 582 g/mol. The van der Waals surface area contributed by atoms with Crippen molar-refractivity contribution in [3.63, 3.8) is 0 Å². The van der Waals surface area contributed by atoms with E-state index in [1.807, 2.05) is 11.5 Å². The lowest BCUT2D eigenvalue weighted by Crippen LogP contribution is -2.45. The van der Waals surface area contributed by atoms with Gasteiger partial charge in [0.25, 0.3) is 0 Å². The Kier molecular flexibility index (Phi) is 12.2. The van der Waals surface area contributed by atoms with Crippen LogP contribution in [-0.4, -0.2) is 68.5 Å². The monoisotopic (exact) mass is 581 g/mol. The molecule has 14 heteroatoms. The van der Waals surface area contributed by atoms with Crippen LogP contribution in [0.3, 0.4) is 0 Å². The van der Waals surface area contributed by atoms with E-state index in [-0.39, 0.29) is 31.8 Å². The number of fused-ring (bicyclic) bond motifs is 1. The highest BCUT2D eigenvalue weighted by atomic mass is 31.1. The fourth-order valence-electron chi connectivity index (χ4n) is 4.31. The molecule has 0 aromatic carbocycles. The van der Waals surface area contributed by atoms with Crippen molar-refractivity contribution < 1.29 is 32.9 Å². The predicted octanol–water partition coefficient (Wildman–Crippen LogP) is 3.83. The number of imidazole rings is 1. The summed E-state index contributed by atoms with van der Waals surface area (Å²) in [7, 11) is -2.60. The first kappa shape index (κ1) is 31.8. The molecule has 3 atom stereocenters. The minimum atomic E-state index is -2.60. The molecule has 0 spiro atoms. The summed E-state index contributed by atoms with van der Waals surface area (Å²) < 4.78 is 37.1. The second-order valence-electron chi connectivity index (χ2n) is 10.6. The Balaban J connectivity index is 1.55. The molecule has 0 aliphatic heterocycles. The Morgan fingerprint density at radius 3 is 2.67 bits per heavy atom. The summed E-state index contributed by atoms with van der Waals surface area (Å²) in [6.45, 7) is 7.91. The van der Waals surface area contributed by atoms with E-state index >= 15 is 0 Å². The van der Waals surface area contributed by atoms with Gasteiger partial charge in [0.1, 0.15) is 17.9 Å². The first-order valence-electron chi connectivity index (χ1n) is 13.9. The zero-order chi connectivity index (χ0) is 29.1. The highest BCUT2D eigenvalue weighted by Gasteiger charge is 2.42. The number of nitrogens with one attached hydrogen (secondary N) is 1. The Morgan fingerprint density at radius 1 is 1.20 bits per heavy atom. The van der Waals surface area contributed by atoms with Crippen LogP contribution in [-0.2, 0) is 39.4 Å². The van der Waals surface area contributed by atoms with Gasteiger partial charge < -0.3 is 24.5 Å². The van der Waals surface area contributed by atoms with Gasteiger partial charge in [-0.25, -0.2) is 24.5 Å². The van der Waals surface area contributed by atoms with E-state index in [1.165, 1.54) is 6.33 Å². The molecule has 13 nitrogen and oxygen atoms in total. The molecular weight excluding hydrogens is 539 g/mol. The molecule has 1 aliphatic rings.